The van der Waals surface area contributed by atoms with Crippen LogP contribution < -0.4 is 8.92 Å². The molecule has 0 bridgehead atoms. The third-order valence-electron chi connectivity index (χ3n) is 4.33. The summed E-state index contributed by atoms with van der Waals surface area (Å²) in [4.78, 5) is 10.1. The Kier molecular flexibility index (Phi) is 6.02. The molecule has 11 nitrogen and oxygen atoms in total. The summed E-state index contributed by atoms with van der Waals surface area (Å²) in [6, 6.07) is 8.09. The monoisotopic (exact) mass is 445 g/mol. The van der Waals surface area contributed by atoms with Crippen molar-refractivity contribution in [2.75, 3.05) is 7.11 Å². The summed E-state index contributed by atoms with van der Waals surface area (Å²) in [6.45, 7) is 5.03. The van der Waals surface area contributed by atoms with Crippen LogP contribution in [-0.2, 0) is 10.1 Å². The molecule has 2 aromatic carbocycles. The van der Waals surface area contributed by atoms with E-state index in [1.807, 2.05) is 0 Å². The third kappa shape index (κ3) is 4.69. The van der Waals surface area contributed by atoms with Crippen LogP contribution in [0.15, 0.2) is 46.4 Å². The third-order valence-corrected chi connectivity index (χ3v) is 5.56. The minimum Gasteiger partial charge on any atom is -0.493 e. The van der Waals surface area contributed by atoms with Crippen molar-refractivity contribution in [3.8, 4) is 11.5 Å². The average molecular weight is 445 g/mol. The van der Waals surface area contributed by atoms with Crippen molar-refractivity contribution < 1.29 is 22.3 Å². The summed E-state index contributed by atoms with van der Waals surface area (Å²) < 4.78 is 37.3. The second kappa shape index (κ2) is 8.52. The molecule has 0 aliphatic heterocycles. The molecule has 0 aliphatic carbocycles. The highest BCUT2D eigenvalue weighted by molar-refractivity contribution is 7.87. The molecule has 0 unspecified atom stereocenters. The highest BCUT2D eigenvalue weighted by atomic mass is 32.2. The Bertz CT molecular complexity index is 1260. The van der Waals surface area contributed by atoms with Crippen molar-refractivity contribution in [2.24, 2.45) is 5.10 Å². The van der Waals surface area contributed by atoms with E-state index in [0.717, 1.165) is 6.07 Å². The van der Waals surface area contributed by atoms with Gasteiger partial charge in [-0.2, -0.15) is 13.5 Å². The van der Waals surface area contributed by atoms with Crippen LogP contribution in [0.25, 0.3) is 0 Å². The van der Waals surface area contributed by atoms with E-state index in [1.54, 1.807) is 30.7 Å². The largest absolute Gasteiger partial charge is 0.493 e. The van der Waals surface area contributed by atoms with Gasteiger partial charge in [0.2, 0.25) is 0 Å². The second-order valence-corrected chi connectivity index (χ2v) is 8.05. The molecular weight excluding hydrogens is 426 g/mol. The molecular formula is C19H19N5O6S. The number of methoxy groups -OCH3 is 1. The van der Waals surface area contributed by atoms with Gasteiger partial charge in [0.1, 0.15) is 4.90 Å². The molecule has 0 atom stereocenters. The molecule has 0 saturated heterocycles. The van der Waals surface area contributed by atoms with E-state index in [4.69, 9.17) is 8.92 Å². The van der Waals surface area contributed by atoms with Gasteiger partial charge >= 0.3 is 10.1 Å². The first kappa shape index (κ1) is 21.9. The zero-order valence-corrected chi connectivity index (χ0v) is 18.0. The molecule has 3 rings (SSSR count). The number of aromatic nitrogens is 3. The SMILES string of the molecule is COc1cc(/C=N/n2c(C)nnc2C)ccc1OS(=O)(=O)c1ccc(C)c([N+](=O)[O-])c1. The van der Waals surface area contributed by atoms with E-state index in [2.05, 4.69) is 15.3 Å². The molecule has 0 saturated carbocycles. The quantitative estimate of drug-likeness (QED) is 0.234. The molecule has 0 amide bonds. The maximum atomic E-state index is 12.7. The lowest BCUT2D eigenvalue weighted by molar-refractivity contribution is -0.385. The van der Waals surface area contributed by atoms with Crippen LogP contribution in [0.4, 0.5) is 5.69 Å². The predicted molar refractivity (Wildman–Crippen MR) is 111 cm³/mol. The molecule has 31 heavy (non-hydrogen) atoms. The lowest BCUT2D eigenvalue weighted by atomic mass is 10.2. The lowest BCUT2D eigenvalue weighted by Crippen LogP contribution is -2.11. The molecule has 12 heteroatoms. The Hall–Kier alpha value is -3.80. The lowest BCUT2D eigenvalue weighted by Gasteiger charge is -2.11. The van der Waals surface area contributed by atoms with E-state index >= 15 is 0 Å². The van der Waals surface area contributed by atoms with Gasteiger partial charge in [-0.1, -0.05) is 6.07 Å². The van der Waals surface area contributed by atoms with Gasteiger partial charge in [0, 0.05) is 11.6 Å². The van der Waals surface area contributed by atoms with E-state index in [9.17, 15) is 18.5 Å². The van der Waals surface area contributed by atoms with Crippen LogP contribution in [0, 0.1) is 30.9 Å². The minimum atomic E-state index is -4.33. The second-order valence-electron chi connectivity index (χ2n) is 6.50. The number of aryl methyl sites for hydroxylation is 3. The van der Waals surface area contributed by atoms with Gasteiger partial charge in [0.25, 0.3) is 5.69 Å². The number of hydrogen-bond donors (Lipinski definition) is 0. The number of nitrogens with zero attached hydrogens (tertiary/aromatic N) is 5. The van der Waals surface area contributed by atoms with Gasteiger partial charge in [0.15, 0.2) is 23.1 Å². The Balaban J connectivity index is 1.90. The first-order valence-corrected chi connectivity index (χ1v) is 10.3. The van der Waals surface area contributed by atoms with E-state index in [1.165, 1.54) is 38.4 Å². The predicted octanol–water partition coefficient (Wildman–Crippen LogP) is 2.77. The fourth-order valence-electron chi connectivity index (χ4n) is 2.70. The number of benzene rings is 2. The number of nitro groups is 1. The minimum absolute atomic E-state index is 0.0699. The molecule has 1 heterocycles. The fraction of sp³-hybridized carbons (Fsp3) is 0.211. The van der Waals surface area contributed by atoms with Gasteiger partial charge in [-0.25, -0.2) is 4.68 Å². The number of nitro benzene ring substituents is 1. The summed E-state index contributed by atoms with van der Waals surface area (Å²) in [7, 11) is -2.97. The van der Waals surface area contributed by atoms with Crippen molar-refractivity contribution in [2.45, 2.75) is 25.7 Å². The van der Waals surface area contributed by atoms with Crippen molar-refractivity contribution in [1.82, 2.24) is 14.9 Å². The number of hydrogen-bond acceptors (Lipinski definition) is 9. The maximum absolute atomic E-state index is 12.7. The summed E-state index contributed by atoms with van der Waals surface area (Å²) >= 11 is 0. The first-order chi connectivity index (χ1) is 14.6. The zero-order chi connectivity index (χ0) is 22.8. The van der Waals surface area contributed by atoms with E-state index in [-0.39, 0.29) is 22.1 Å². The van der Waals surface area contributed by atoms with Crippen LogP contribution in [0.1, 0.15) is 22.8 Å². The van der Waals surface area contributed by atoms with Crippen molar-refractivity contribution in [1.29, 1.82) is 0 Å². The maximum Gasteiger partial charge on any atom is 0.339 e. The molecule has 0 spiro atoms. The van der Waals surface area contributed by atoms with E-state index in [0.29, 0.717) is 22.8 Å². The summed E-state index contributed by atoms with van der Waals surface area (Å²) in [5.74, 6) is 1.30. The van der Waals surface area contributed by atoms with Crippen LogP contribution in [-0.4, -0.2) is 41.5 Å². The molecule has 3 aromatic rings. The Morgan fingerprint density at radius 2 is 1.74 bits per heavy atom. The molecule has 1 aromatic heterocycles. The van der Waals surface area contributed by atoms with Crippen LogP contribution in [0.3, 0.4) is 0 Å². The standard InChI is InChI=1S/C19H19N5O6S/c1-12-5-7-16(10-17(12)24(25)26)31(27,28)30-18-8-6-15(9-19(18)29-4)11-20-23-13(2)21-22-14(23)3/h5-11H,1-4H3/b20-11+. The zero-order valence-electron chi connectivity index (χ0n) is 17.1. The summed E-state index contributed by atoms with van der Waals surface area (Å²) in [5.41, 5.74) is 0.631. The van der Waals surface area contributed by atoms with Gasteiger partial charge in [-0.3, -0.25) is 10.1 Å². The highest BCUT2D eigenvalue weighted by Gasteiger charge is 2.23. The first-order valence-electron chi connectivity index (χ1n) is 8.93. The van der Waals surface area contributed by atoms with Crippen molar-refractivity contribution in [3.05, 3.63) is 69.3 Å². The molecule has 0 radical (unpaired) electrons. The van der Waals surface area contributed by atoms with Gasteiger partial charge in [-0.05, 0) is 50.6 Å². The van der Waals surface area contributed by atoms with E-state index < -0.39 is 15.0 Å². The van der Waals surface area contributed by atoms with Crippen LogP contribution in [0.2, 0.25) is 0 Å². The Labute approximate surface area is 178 Å². The fourth-order valence-corrected chi connectivity index (χ4v) is 3.66. The van der Waals surface area contributed by atoms with Gasteiger partial charge in [-0.15, -0.1) is 10.2 Å². The topological polar surface area (TPSA) is 139 Å². The van der Waals surface area contributed by atoms with Gasteiger partial charge in [0.05, 0.1) is 18.2 Å². The summed E-state index contributed by atoms with van der Waals surface area (Å²) in [5, 5.41) is 23.2. The Morgan fingerprint density at radius 1 is 1.06 bits per heavy atom. The van der Waals surface area contributed by atoms with Crippen LogP contribution >= 0.6 is 0 Å². The summed E-state index contributed by atoms with van der Waals surface area (Å²) in [6.07, 6.45) is 1.54. The molecule has 0 aliphatic rings. The van der Waals surface area contributed by atoms with Crippen molar-refractivity contribution in [3.63, 3.8) is 0 Å². The van der Waals surface area contributed by atoms with Crippen LogP contribution in [0.5, 0.6) is 11.5 Å². The highest BCUT2D eigenvalue weighted by Crippen LogP contribution is 2.31. The molecule has 162 valence electrons. The van der Waals surface area contributed by atoms with Crippen molar-refractivity contribution >= 4 is 22.0 Å². The average Bonchev–Trinajstić information content (AvgIpc) is 3.04. The Morgan fingerprint density at radius 3 is 2.35 bits per heavy atom. The van der Waals surface area contributed by atoms with Gasteiger partial charge < -0.3 is 8.92 Å². The number of ether oxygens (including phenoxy) is 1. The normalized spacial score (nSPS) is 11.6. The molecule has 0 N–H and O–H groups in total. The molecule has 0 fully saturated rings. The number of rotatable bonds is 7. The smallest absolute Gasteiger partial charge is 0.339 e.